The molecule has 4 heterocycles. The van der Waals surface area contributed by atoms with E-state index in [0.29, 0.717) is 13.0 Å². The molecule has 2 aliphatic rings. The summed E-state index contributed by atoms with van der Waals surface area (Å²) in [5.41, 5.74) is 7.10. The maximum atomic E-state index is 12.6. The van der Waals surface area contributed by atoms with Gasteiger partial charge in [-0.25, -0.2) is 0 Å². The molecule has 4 bridgehead atoms. The number of aromatic nitrogens is 5. The standard InChI is InChI=1S/C21H22N6O/c1-25-13-20-17(12-26(2)24-20)19-10-16-15(5-6-18(16)22-23-19)14-7-9-27(11-14)8-3-4-21(25)28/h5,7,9-12H,3-4,6,8,13H2,1-2H3. The highest BCUT2D eigenvalue weighted by atomic mass is 16.2. The molecule has 1 amide bonds. The van der Waals surface area contributed by atoms with Crippen LogP contribution in [0.3, 0.4) is 0 Å². The van der Waals surface area contributed by atoms with E-state index in [1.54, 1.807) is 9.58 Å². The van der Waals surface area contributed by atoms with E-state index in [1.165, 1.54) is 11.1 Å². The van der Waals surface area contributed by atoms with Gasteiger partial charge in [-0.15, -0.1) is 0 Å². The molecule has 5 rings (SSSR count). The minimum absolute atomic E-state index is 0.127. The zero-order chi connectivity index (χ0) is 19.3. The van der Waals surface area contributed by atoms with Crippen molar-refractivity contribution in [1.29, 1.82) is 0 Å². The van der Waals surface area contributed by atoms with Crippen molar-refractivity contribution in [3.05, 3.63) is 59.3 Å². The van der Waals surface area contributed by atoms with Crippen molar-refractivity contribution < 1.29 is 4.79 Å². The van der Waals surface area contributed by atoms with E-state index in [2.05, 4.69) is 50.5 Å². The first-order valence-corrected chi connectivity index (χ1v) is 9.58. The largest absolute Gasteiger partial charge is 0.354 e. The number of carbonyl (C=O) groups excluding carboxylic acids is 1. The van der Waals surface area contributed by atoms with Gasteiger partial charge in [0.15, 0.2) is 0 Å². The Morgan fingerprint density at radius 1 is 1.07 bits per heavy atom. The summed E-state index contributed by atoms with van der Waals surface area (Å²) in [6.07, 6.45) is 10.6. The number of allylic oxidation sites excluding steroid dienone is 1. The molecule has 0 saturated heterocycles. The monoisotopic (exact) mass is 374 g/mol. The average Bonchev–Trinajstić information content (AvgIpc) is 3.38. The molecule has 28 heavy (non-hydrogen) atoms. The van der Waals surface area contributed by atoms with Crippen molar-refractivity contribution in [2.24, 2.45) is 7.05 Å². The normalized spacial score (nSPS) is 16.4. The highest BCUT2D eigenvalue weighted by molar-refractivity contribution is 5.85. The lowest BCUT2D eigenvalue weighted by Crippen LogP contribution is -2.26. The Kier molecular flexibility index (Phi) is 3.89. The van der Waals surface area contributed by atoms with Gasteiger partial charge < -0.3 is 9.47 Å². The Hall–Kier alpha value is -3.22. The fraction of sp³-hybridized carbons (Fsp3) is 0.333. The zero-order valence-electron chi connectivity index (χ0n) is 16.1. The fourth-order valence-corrected chi connectivity index (χ4v) is 4.04. The van der Waals surface area contributed by atoms with Crippen LogP contribution in [-0.2, 0) is 31.4 Å². The number of rotatable bonds is 0. The SMILES string of the molecule is CN1Cc2nn(C)cc2-c2cc3c(nn2)CC=C3c2ccn(c2)CCCC1=O. The van der Waals surface area contributed by atoms with Crippen LogP contribution in [0.2, 0.25) is 0 Å². The molecule has 0 saturated carbocycles. The summed E-state index contributed by atoms with van der Waals surface area (Å²) < 4.78 is 3.94. The van der Waals surface area contributed by atoms with Crippen LogP contribution in [0.25, 0.3) is 16.8 Å². The summed E-state index contributed by atoms with van der Waals surface area (Å²) in [4.78, 5) is 14.3. The first kappa shape index (κ1) is 16.9. The van der Waals surface area contributed by atoms with E-state index in [9.17, 15) is 4.79 Å². The molecular weight excluding hydrogens is 352 g/mol. The lowest BCUT2D eigenvalue weighted by Gasteiger charge is -2.17. The maximum Gasteiger partial charge on any atom is 0.222 e. The molecule has 0 fully saturated rings. The van der Waals surface area contributed by atoms with E-state index in [0.717, 1.165) is 47.6 Å². The van der Waals surface area contributed by atoms with E-state index < -0.39 is 0 Å². The molecule has 0 radical (unpaired) electrons. The van der Waals surface area contributed by atoms with Crippen molar-refractivity contribution in [1.82, 2.24) is 29.4 Å². The minimum Gasteiger partial charge on any atom is -0.354 e. The highest BCUT2D eigenvalue weighted by Crippen LogP contribution is 2.34. The smallest absolute Gasteiger partial charge is 0.222 e. The number of amides is 1. The fourth-order valence-electron chi connectivity index (χ4n) is 4.04. The third-order valence-electron chi connectivity index (χ3n) is 5.52. The third-order valence-corrected chi connectivity index (χ3v) is 5.52. The molecule has 7 heteroatoms. The van der Waals surface area contributed by atoms with Crippen LogP contribution >= 0.6 is 0 Å². The lowest BCUT2D eigenvalue weighted by molar-refractivity contribution is -0.130. The molecule has 0 N–H and O–H groups in total. The molecule has 0 atom stereocenters. The number of carbonyl (C=O) groups is 1. The zero-order valence-corrected chi connectivity index (χ0v) is 16.1. The van der Waals surface area contributed by atoms with Crippen LogP contribution < -0.4 is 0 Å². The molecule has 1 aliphatic heterocycles. The second-order valence-corrected chi connectivity index (χ2v) is 7.57. The number of nitrogens with zero attached hydrogens (tertiary/aromatic N) is 6. The van der Waals surface area contributed by atoms with E-state index in [1.807, 2.05) is 20.3 Å². The summed E-state index contributed by atoms with van der Waals surface area (Å²) in [6.45, 7) is 1.29. The summed E-state index contributed by atoms with van der Waals surface area (Å²) >= 11 is 0. The molecule has 142 valence electrons. The number of aryl methyl sites for hydroxylation is 2. The first-order chi connectivity index (χ1) is 13.6. The maximum absolute atomic E-state index is 12.6. The topological polar surface area (TPSA) is 68.8 Å². The van der Waals surface area contributed by atoms with Crippen LogP contribution in [0.15, 0.2) is 36.8 Å². The minimum atomic E-state index is 0.127. The Bertz CT molecular complexity index is 1110. The molecule has 0 spiro atoms. The van der Waals surface area contributed by atoms with Crippen LogP contribution in [0.4, 0.5) is 0 Å². The number of hydrogen-bond donors (Lipinski definition) is 0. The van der Waals surface area contributed by atoms with Gasteiger partial charge in [0.05, 0.1) is 23.6 Å². The predicted molar refractivity (Wildman–Crippen MR) is 105 cm³/mol. The summed E-state index contributed by atoms with van der Waals surface area (Å²) in [5.74, 6) is 0.127. The summed E-state index contributed by atoms with van der Waals surface area (Å²) in [6, 6.07) is 4.25. The first-order valence-electron chi connectivity index (χ1n) is 9.58. The van der Waals surface area contributed by atoms with Gasteiger partial charge in [-0.2, -0.15) is 15.3 Å². The average molecular weight is 374 g/mol. The number of hydrogen-bond acceptors (Lipinski definition) is 4. The van der Waals surface area contributed by atoms with Crippen molar-refractivity contribution in [2.75, 3.05) is 7.05 Å². The van der Waals surface area contributed by atoms with Crippen LogP contribution in [0.5, 0.6) is 0 Å². The molecule has 3 aromatic rings. The van der Waals surface area contributed by atoms with E-state index in [4.69, 9.17) is 0 Å². The van der Waals surface area contributed by atoms with E-state index in [-0.39, 0.29) is 5.91 Å². The molecule has 0 unspecified atom stereocenters. The van der Waals surface area contributed by atoms with Crippen LogP contribution in [-0.4, -0.2) is 42.4 Å². The van der Waals surface area contributed by atoms with Gasteiger partial charge in [-0.05, 0) is 29.7 Å². The third kappa shape index (κ3) is 2.83. The molecule has 7 nitrogen and oxygen atoms in total. The lowest BCUT2D eigenvalue weighted by atomic mass is 10.0. The Morgan fingerprint density at radius 3 is 2.86 bits per heavy atom. The highest BCUT2D eigenvalue weighted by Gasteiger charge is 2.22. The van der Waals surface area contributed by atoms with Crippen molar-refractivity contribution in [2.45, 2.75) is 32.4 Å². The molecular formula is C21H22N6O. The van der Waals surface area contributed by atoms with Crippen molar-refractivity contribution >= 4 is 11.5 Å². The molecule has 0 aromatic carbocycles. The predicted octanol–water partition coefficient (Wildman–Crippen LogP) is 2.42. The van der Waals surface area contributed by atoms with Crippen LogP contribution in [0.1, 0.15) is 35.4 Å². The van der Waals surface area contributed by atoms with Gasteiger partial charge in [-0.1, -0.05) is 6.08 Å². The summed E-state index contributed by atoms with van der Waals surface area (Å²) in [5, 5.41) is 13.5. The Labute approximate surface area is 163 Å². The number of fused-ring (bicyclic) bond motifs is 6. The second-order valence-electron chi connectivity index (χ2n) is 7.57. The molecule has 3 aromatic heterocycles. The quantitative estimate of drug-likeness (QED) is 0.606. The van der Waals surface area contributed by atoms with Gasteiger partial charge in [0, 0.05) is 63.2 Å². The van der Waals surface area contributed by atoms with Crippen molar-refractivity contribution in [3.63, 3.8) is 0 Å². The van der Waals surface area contributed by atoms with Crippen molar-refractivity contribution in [3.8, 4) is 11.3 Å². The second kappa shape index (κ2) is 6.44. The van der Waals surface area contributed by atoms with Crippen LogP contribution in [0, 0.1) is 0 Å². The Balaban J connectivity index is 1.65. The van der Waals surface area contributed by atoms with Gasteiger partial charge >= 0.3 is 0 Å². The van der Waals surface area contributed by atoms with Gasteiger partial charge in [0.1, 0.15) is 0 Å². The Morgan fingerprint density at radius 2 is 1.96 bits per heavy atom. The van der Waals surface area contributed by atoms with Gasteiger partial charge in [0.25, 0.3) is 0 Å². The summed E-state index contributed by atoms with van der Waals surface area (Å²) in [7, 11) is 3.73. The van der Waals surface area contributed by atoms with Gasteiger partial charge in [0.2, 0.25) is 5.91 Å². The van der Waals surface area contributed by atoms with Gasteiger partial charge in [-0.3, -0.25) is 9.48 Å². The van der Waals surface area contributed by atoms with E-state index >= 15 is 0 Å². The molecule has 1 aliphatic carbocycles.